The van der Waals surface area contributed by atoms with Gasteiger partial charge in [-0.25, -0.2) is 4.98 Å². The molecule has 0 aliphatic rings. The molecule has 0 saturated heterocycles. The Morgan fingerprint density at radius 3 is 3.00 bits per heavy atom. The van der Waals surface area contributed by atoms with Gasteiger partial charge in [0, 0.05) is 17.8 Å². The van der Waals surface area contributed by atoms with Gasteiger partial charge in [-0.05, 0) is 20.9 Å². The van der Waals surface area contributed by atoms with E-state index in [0.717, 1.165) is 5.01 Å². The van der Waals surface area contributed by atoms with Gasteiger partial charge >= 0.3 is 0 Å². The molecule has 0 aromatic carbocycles. The van der Waals surface area contributed by atoms with Crippen LogP contribution in [0, 0.1) is 6.92 Å². The summed E-state index contributed by atoms with van der Waals surface area (Å²) in [5.74, 6) is 0. The fourth-order valence-electron chi connectivity index (χ4n) is 1.53. The Labute approximate surface area is 109 Å². The lowest BCUT2D eigenvalue weighted by molar-refractivity contribution is 0.153. The molecular formula is C11H16N4O2S. The summed E-state index contributed by atoms with van der Waals surface area (Å²) in [5.41, 5.74) is 0.546. The second-order valence-corrected chi connectivity index (χ2v) is 5.41. The molecule has 0 aliphatic carbocycles. The number of fused-ring (bicyclic) bond motifs is 1. The van der Waals surface area contributed by atoms with Gasteiger partial charge in [0.05, 0.1) is 13.2 Å². The third-order valence-corrected chi connectivity index (χ3v) is 3.71. The molecule has 7 heteroatoms. The number of aliphatic hydroxyl groups excluding tert-OH is 1. The van der Waals surface area contributed by atoms with Crippen LogP contribution in [0.15, 0.2) is 10.9 Å². The summed E-state index contributed by atoms with van der Waals surface area (Å²) in [7, 11) is 1.91. The molecule has 1 unspecified atom stereocenters. The van der Waals surface area contributed by atoms with E-state index in [4.69, 9.17) is 5.11 Å². The topological polar surface area (TPSA) is 70.7 Å². The molecule has 2 rings (SSSR count). The molecule has 18 heavy (non-hydrogen) atoms. The van der Waals surface area contributed by atoms with Gasteiger partial charge in [-0.1, -0.05) is 11.3 Å². The van der Waals surface area contributed by atoms with Crippen LogP contribution in [0.2, 0.25) is 0 Å². The van der Waals surface area contributed by atoms with Crippen LogP contribution in [0.1, 0.15) is 17.6 Å². The standard InChI is InChI=1S/C11H16N4O2S/c1-7-4-10(17)15-11(12-7)18-9(13-15)5-14(3)8(2)6-16/h4,8,16H,5-6H2,1-3H3. The van der Waals surface area contributed by atoms with Crippen molar-refractivity contribution >= 4 is 16.3 Å². The molecule has 0 spiro atoms. The summed E-state index contributed by atoms with van der Waals surface area (Å²) in [6.07, 6.45) is 0. The fourth-order valence-corrected chi connectivity index (χ4v) is 2.54. The van der Waals surface area contributed by atoms with E-state index in [2.05, 4.69) is 10.1 Å². The molecule has 6 nitrogen and oxygen atoms in total. The predicted octanol–water partition coefficient (Wildman–Crippen LogP) is 0.272. The average Bonchev–Trinajstić information content (AvgIpc) is 2.70. The Balaban J connectivity index is 2.31. The first kappa shape index (κ1) is 13.1. The van der Waals surface area contributed by atoms with Gasteiger partial charge in [0.25, 0.3) is 5.56 Å². The number of aliphatic hydroxyl groups is 1. The van der Waals surface area contributed by atoms with E-state index in [0.29, 0.717) is 17.2 Å². The van der Waals surface area contributed by atoms with Gasteiger partial charge in [-0.2, -0.15) is 9.61 Å². The average molecular weight is 268 g/mol. The predicted molar refractivity (Wildman–Crippen MR) is 69.9 cm³/mol. The number of nitrogens with zero attached hydrogens (tertiary/aromatic N) is 4. The Kier molecular flexibility index (Phi) is 3.74. The minimum atomic E-state index is -0.155. The van der Waals surface area contributed by atoms with Crippen LogP contribution < -0.4 is 5.56 Å². The number of aromatic nitrogens is 3. The molecule has 2 heterocycles. The third-order valence-electron chi connectivity index (χ3n) is 2.82. The summed E-state index contributed by atoms with van der Waals surface area (Å²) < 4.78 is 1.32. The Morgan fingerprint density at radius 1 is 1.61 bits per heavy atom. The van der Waals surface area contributed by atoms with Crippen molar-refractivity contribution in [2.45, 2.75) is 26.4 Å². The van der Waals surface area contributed by atoms with E-state index >= 15 is 0 Å². The second-order valence-electron chi connectivity index (χ2n) is 4.37. The summed E-state index contributed by atoms with van der Waals surface area (Å²) in [6, 6.07) is 1.53. The maximum absolute atomic E-state index is 11.7. The summed E-state index contributed by atoms with van der Waals surface area (Å²) >= 11 is 1.40. The molecule has 0 radical (unpaired) electrons. The zero-order valence-corrected chi connectivity index (χ0v) is 11.4. The van der Waals surface area contributed by atoms with Crippen LogP contribution in [0.25, 0.3) is 4.96 Å². The maximum Gasteiger partial charge on any atom is 0.275 e. The van der Waals surface area contributed by atoms with Gasteiger partial charge in [0.1, 0.15) is 5.01 Å². The zero-order valence-electron chi connectivity index (χ0n) is 10.6. The molecule has 0 bridgehead atoms. The maximum atomic E-state index is 11.7. The second kappa shape index (κ2) is 5.13. The quantitative estimate of drug-likeness (QED) is 0.862. The highest BCUT2D eigenvalue weighted by molar-refractivity contribution is 7.16. The Hall–Kier alpha value is -1.31. The van der Waals surface area contributed by atoms with E-state index < -0.39 is 0 Å². The van der Waals surface area contributed by atoms with Crippen LogP contribution in [-0.4, -0.2) is 44.3 Å². The van der Waals surface area contributed by atoms with Crippen molar-refractivity contribution in [3.8, 4) is 0 Å². The van der Waals surface area contributed by atoms with Gasteiger partial charge in [-0.3, -0.25) is 9.69 Å². The van der Waals surface area contributed by atoms with Crippen molar-refractivity contribution < 1.29 is 5.11 Å². The van der Waals surface area contributed by atoms with E-state index in [1.54, 1.807) is 6.92 Å². The van der Waals surface area contributed by atoms with Crippen LogP contribution in [-0.2, 0) is 6.54 Å². The van der Waals surface area contributed by atoms with Crippen molar-refractivity contribution in [3.05, 3.63) is 27.1 Å². The van der Waals surface area contributed by atoms with Gasteiger partial charge < -0.3 is 5.11 Å². The van der Waals surface area contributed by atoms with Gasteiger partial charge in [-0.15, -0.1) is 0 Å². The Morgan fingerprint density at radius 2 is 2.33 bits per heavy atom. The van der Waals surface area contributed by atoms with E-state index in [-0.39, 0.29) is 18.2 Å². The number of likely N-dealkylation sites (N-methyl/N-ethyl adjacent to an activating group) is 1. The highest BCUT2D eigenvalue weighted by Crippen LogP contribution is 2.13. The molecule has 2 aromatic rings. The molecule has 0 aliphatic heterocycles. The monoisotopic (exact) mass is 268 g/mol. The third kappa shape index (κ3) is 2.58. The Bertz CT molecular complexity index is 607. The lowest BCUT2D eigenvalue weighted by Gasteiger charge is -2.20. The number of rotatable bonds is 4. The molecule has 2 aromatic heterocycles. The van der Waals surface area contributed by atoms with Crippen LogP contribution in [0.4, 0.5) is 0 Å². The highest BCUT2D eigenvalue weighted by Gasteiger charge is 2.13. The van der Waals surface area contributed by atoms with E-state index in [9.17, 15) is 4.79 Å². The van der Waals surface area contributed by atoms with Crippen LogP contribution in [0.3, 0.4) is 0 Å². The minimum absolute atomic E-state index is 0.0587. The van der Waals surface area contributed by atoms with Crippen molar-refractivity contribution in [3.63, 3.8) is 0 Å². The normalized spacial score (nSPS) is 13.4. The zero-order chi connectivity index (χ0) is 13.3. The first-order valence-corrected chi connectivity index (χ1v) is 6.50. The van der Waals surface area contributed by atoms with Crippen LogP contribution in [0.5, 0.6) is 0 Å². The lowest BCUT2D eigenvalue weighted by atomic mass is 10.3. The largest absolute Gasteiger partial charge is 0.395 e. The molecular weight excluding hydrogens is 252 g/mol. The van der Waals surface area contributed by atoms with Crippen molar-refractivity contribution in [1.82, 2.24) is 19.5 Å². The smallest absolute Gasteiger partial charge is 0.275 e. The number of hydrogen-bond donors (Lipinski definition) is 1. The van der Waals surface area contributed by atoms with E-state index in [1.165, 1.54) is 21.9 Å². The first-order valence-electron chi connectivity index (χ1n) is 5.68. The number of aryl methyl sites for hydroxylation is 1. The van der Waals surface area contributed by atoms with Gasteiger partial charge in [0.2, 0.25) is 4.96 Å². The molecule has 0 fully saturated rings. The van der Waals surface area contributed by atoms with Crippen LogP contribution >= 0.6 is 11.3 Å². The summed E-state index contributed by atoms with van der Waals surface area (Å²) in [6.45, 7) is 4.41. The highest BCUT2D eigenvalue weighted by atomic mass is 32.1. The molecule has 98 valence electrons. The summed E-state index contributed by atoms with van der Waals surface area (Å²) in [5, 5.41) is 14.1. The SMILES string of the molecule is Cc1cc(=O)n2nc(CN(C)C(C)CO)sc2n1. The molecule has 0 saturated carbocycles. The molecule has 1 N–H and O–H groups in total. The van der Waals surface area contributed by atoms with Crippen molar-refractivity contribution in [2.24, 2.45) is 0 Å². The first-order chi connectivity index (χ1) is 8.51. The summed E-state index contributed by atoms with van der Waals surface area (Å²) in [4.78, 5) is 18.6. The molecule has 0 amide bonds. The number of hydrogen-bond acceptors (Lipinski definition) is 6. The van der Waals surface area contributed by atoms with Crippen molar-refractivity contribution in [1.29, 1.82) is 0 Å². The minimum Gasteiger partial charge on any atom is -0.395 e. The van der Waals surface area contributed by atoms with E-state index in [1.807, 2.05) is 18.9 Å². The van der Waals surface area contributed by atoms with Gasteiger partial charge in [0.15, 0.2) is 0 Å². The van der Waals surface area contributed by atoms with Crippen molar-refractivity contribution in [2.75, 3.05) is 13.7 Å². The lowest BCUT2D eigenvalue weighted by Crippen LogP contribution is -2.31. The molecule has 1 atom stereocenters. The fraction of sp³-hybridized carbons (Fsp3) is 0.545.